The molecular weight excluding hydrogens is 168 g/mol. The quantitative estimate of drug-likeness (QED) is 0.530. The first kappa shape index (κ1) is 9.89. The molecule has 1 saturated carbocycles. The van der Waals surface area contributed by atoms with Crippen LogP contribution in [0.1, 0.15) is 25.7 Å². The van der Waals surface area contributed by atoms with E-state index >= 15 is 0 Å². The molecule has 1 rings (SSSR count). The van der Waals surface area contributed by atoms with Crippen molar-refractivity contribution in [3.8, 4) is 0 Å². The maximum atomic E-state index is 10.1. The number of rotatable bonds is 6. The largest absolute Gasteiger partial charge is 0.481 e. The lowest BCUT2D eigenvalue weighted by atomic mass is 10.3. The standard InChI is InChI=1S/C9H16N2O2/c10-8(7-3-4-7)6-11-5-1-2-9(12)13/h6-7,11H,1-5,10H2,(H,12,13)/b8-6-. The maximum absolute atomic E-state index is 10.1. The Morgan fingerprint density at radius 3 is 2.85 bits per heavy atom. The average molecular weight is 184 g/mol. The van der Waals surface area contributed by atoms with E-state index < -0.39 is 5.97 Å². The summed E-state index contributed by atoms with van der Waals surface area (Å²) in [4.78, 5) is 10.1. The van der Waals surface area contributed by atoms with Gasteiger partial charge in [0.1, 0.15) is 0 Å². The van der Waals surface area contributed by atoms with Crippen molar-refractivity contribution < 1.29 is 9.90 Å². The summed E-state index contributed by atoms with van der Waals surface area (Å²) in [6.07, 6.45) is 5.05. The summed E-state index contributed by atoms with van der Waals surface area (Å²) >= 11 is 0. The summed E-state index contributed by atoms with van der Waals surface area (Å²) in [5, 5.41) is 11.4. The van der Waals surface area contributed by atoms with E-state index in [2.05, 4.69) is 5.32 Å². The molecule has 1 aliphatic rings. The minimum Gasteiger partial charge on any atom is -0.481 e. The number of allylic oxidation sites excluding steroid dienone is 1. The van der Waals surface area contributed by atoms with Gasteiger partial charge in [-0.2, -0.15) is 0 Å². The van der Waals surface area contributed by atoms with Gasteiger partial charge in [0.2, 0.25) is 0 Å². The highest BCUT2D eigenvalue weighted by Gasteiger charge is 2.23. The topological polar surface area (TPSA) is 75.3 Å². The van der Waals surface area contributed by atoms with E-state index in [1.54, 1.807) is 6.20 Å². The number of carboxylic acid groups (broad SMARTS) is 1. The van der Waals surface area contributed by atoms with Crippen LogP contribution in [0, 0.1) is 5.92 Å². The van der Waals surface area contributed by atoms with Gasteiger partial charge >= 0.3 is 5.97 Å². The number of hydrogen-bond acceptors (Lipinski definition) is 3. The number of nitrogens with one attached hydrogen (secondary N) is 1. The molecule has 4 N–H and O–H groups in total. The van der Waals surface area contributed by atoms with Crippen LogP contribution in [0.15, 0.2) is 11.9 Å². The van der Waals surface area contributed by atoms with Crippen LogP contribution in [0.4, 0.5) is 0 Å². The molecule has 0 aromatic heterocycles. The normalized spacial score (nSPS) is 17.1. The van der Waals surface area contributed by atoms with Crippen molar-refractivity contribution in [2.24, 2.45) is 11.7 Å². The molecule has 0 aliphatic heterocycles. The molecule has 0 aromatic carbocycles. The number of nitrogens with two attached hydrogens (primary N) is 1. The Morgan fingerprint density at radius 1 is 1.62 bits per heavy atom. The molecule has 4 heteroatoms. The summed E-state index contributed by atoms with van der Waals surface area (Å²) in [6.45, 7) is 0.680. The van der Waals surface area contributed by atoms with Gasteiger partial charge in [-0.25, -0.2) is 0 Å². The van der Waals surface area contributed by atoms with Crippen LogP contribution < -0.4 is 11.1 Å². The predicted molar refractivity (Wildman–Crippen MR) is 49.9 cm³/mol. The van der Waals surface area contributed by atoms with E-state index in [1.807, 2.05) is 0 Å². The number of aliphatic carboxylic acids is 1. The second-order valence-electron chi connectivity index (χ2n) is 3.37. The van der Waals surface area contributed by atoms with Gasteiger partial charge in [0, 0.05) is 24.9 Å². The van der Waals surface area contributed by atoms with Crippen LogP contribution in [0.25, 0.3) is 0 Å². The van der Waals surface area contributed by atoms with Gasteiger partial charge in [0.05, 0.1) is 0 Å². The third-order valence-electron chi connectivity index (χ3n) is 2.03. The lowest BCUT2D eigenvalue weighted by molar-refractivity contribution is -0.137. The van der Waals surface area contributed by atoms with E-state index in [1.165, 1.54) is 12.8 Å². The molecule has 13 heavy (non-hydrogen) atoms. The molecule has 0 heterocycles. The highest BCUT2D eigenvalue weighted by molar-refractivity contribution is 5.66. The fourth-order valence-corrected chi connectivity index (χ4v) is 1.07. The molecule has 1 fully saturated rings. The summed E-state index contributed by atoms with van der Waals surface area (Å²) in [7, 11) is 0. The van der Waals surface area contributed by atoms with E-state index in [9.17, 15) is 4.79 Å². The Labute approximate surface area is 77.8 Å². The van der Waals surface area contributed by atoms with E-state index in [4.69, 9.17) is 10.8 Å². The molecular formula is C9H16N2O2. The van der Waals surface area contributed by atoms with Crippen LogP contribution >= 0.6 is 0 Å². The third-order valence-corrected chi connectivity index (χ3v) is 2.03. The number of carbonyl (C=O) groups is 1. The monoisotopic (exact) mass is 184 g/mol. The zero-order valence-electron chi connectivity index (χ0n) is 7.62. The fourth-order valence-electron chi connectivity index (χ4n) is 1.07. The molecule has 0 radical (unpaired) electrons. The van der Waals surface area contributed by atoms with Crippen molar-refractivity contribution in [3.63, 3.8) is 0 Å². The third kappa shape index (κ3) is 4.40. The van der Waals surface area contributed by atoms with Gasteiger partial charge in [-0.15, -0.1) is 0 Å². The Balaban J connectivity index is 1.99. The lowest BCUT2D eigenvalue weighted by Gasteiger charge is -2.01. The Kier molecular flexibility index (Phi) is 3.61. The average Bonchev–Trinajstić information content (AvgIpc) is 2.85. The number of carboxylic acids is 1. The summed E-state index contributed by atoms with van der Waals surface area (Å²) in [5.41, 5.74) is 6.60. The second-order valence-corrected chi connectivity index (χ2v) is 3.37. The van der Waals surface area contributed by atoms with Crippen LogP contribution in [-0.2, 0) is 4.79 Å². The van der Waals surface area contributed by atoms with Gasteiger partial charge in [-0.1, -0.05) is 0 Å². The van der Waals surface area contributed by atoms with Gasteiger partial charge in [-0.3, -0.25) is 4.79 Å². The molecule has 1 aliphatic carbocycles. The summed E-state index contributed by atoms with van der Waals surface area (Å²) < 4.78 is 0. The van der Waals surface area contributed by atoms with Crippen LogP contribution in [0.2, 0.25) is 0 Å². The molecule has 0 amide bonds. The molecule has 0 bridgehead atoms. The second kappa shape index (κ2) is 4.74. The highest BCUT2D eigenvalue weighted by Crippen LogP contribution is 2.33. The smallest absolute Gasteiger partial charge is 0.303 e. The van der Waals surface area contributed by atoms with Crippen LogP contribution in [0.5, 0.6) is 0 Å². The Morgan fingerprint density at radius 2 is 2.31 bits per heavy atom. The molecule has 0 atom stereocenters. The molecule has 0 spiro atoms. The van der Waals surface area contributed by atoms with Crippen molar-refractivity contribution in [3.05, 3.63) is 11.9 Å². The van der Waals surface area contributed by atoms with Crippen molar-refractivity contribution in [2.75, 3.05) is 6.54 Å². The maximum Gasteiger partial charge on any atom is 0.303 e. The summed E-state index contributed by atoms with van der Waals surface area (Å²) in [6, 6.07) is 0. The van der Waals surface area contributed by atoms with Gasteiger partial charge in [-0.05, 0) is 25.2 Å². The molecule has 0 aromatic rings. The SMILES string of the molecule is N/C(=C\NCCCC(=O)O)C1CC1. The number of hydrogen-bond donors (Lipinski definition) is 3. The zero-order valence-corrected chi connectivity index (χ0v) is 7.62. The van der Waals surface area contributed by atoms with E-state index in [-0.39, 0.29) is 6.42 Å². The van der Waals surface area contributed by atoms with Crippen LogP contribution in [-0.4, -0.2) is 17.6 Å². The lowest BCUT2D eigenvalue weighted by Crippen LogP contribution is -2.13. The first-order valence-electron chi connectivity index (χ1n) is 4.61. The van der Waals surface area contributed by atoms with Crippen molar-refractivity contribution in [1.82, 2.24) is 5.32 Å². The molecule has 4 nitrogen and oxygen atoms in total. The Hall–Kier alpha value is -1.19. The van der Waals surface area contributed by atoms with Crippen molar-refractivity contribution in [1.29, 1.82) is 0 Å². The highest BCUT2D eigenvalue weighted by atomic mass is 16.4. The van der Waals surface area contributed by atoms with Gasteiger partial charge in [0.25, 0.3) is 0 Å². The van der Waals surface area contributed by atoms with Crippen molar-refractivity contribution >= 4 is 5.97 Å². The minimum atomic E-state index is -0.749. The van der Waals surface area contributed by atoms with Gasteiger partial charge in [0.15, 0.2) is 0 Å². The zero-order chi connectivity index (χ0) is 9.68. The fraction of sp³-hybridized carbons (Fsp3) is 0.667. The van der Waals surface area contributed by atoms with Crippen LogP contribution in [0.3, 0.4) is 0 Å². The van der Waals surface area contributed by atoms with Gasteiger partial charge < -0.3 is 16.2 Å². The first-order chi connectivity index (χ1) is 6.20. The molecule has 0 saturated heterocycles. The minimum absolute atomic E-state index is 0.212. The Bertz CT molecular complexity index is 210. The predicted octanol–water partition coefficient (Wildman–Crippen LogP) is 0.651. The van der Waals surface area contributed by atoms with Crippen molar-refractivity contribution in [2.45, 2.75) is 25.7 Å². The van der Waals surface area contributed by atoms with E-state index in [0.717, 1.165) is 5.70 Å². The van der Waals surface area contributed by atoms with E-state index in [0.29, 0.717) is 18.9 Å². The molecule has 0 unspecified atom stereocenters. The molecule has 74 valence electrons. The first-order valence-corrected chi connectivity index (χ1v) is 4.61. The summed E-state index contributed by atoms with van der Waals surface area (Å²) in [5.74, 6) is -0.173.